The van der Waals surface area contributed by atoms with Gasteiger partial charge in [-0.3, -0.25) is 4.79 Å². The Morgan fingerprint density at radius 2 is 1.96 bits per heavy atom. The molecule has 2 aromatic heterocycles. The van der Waals surface area contributed by atoms with Crippen molar-refractivity contribution in [1.29, 1.82) is 0 Å². The number of oxazole rings is 1. The molecule has 1 N–H and O–H groups in total. The van der Waals surface area contributed by atoms with Gasteiger partial charge in [-0.15, -0.1) is 0 Å². The van der Waals surface area contributed by atoms with Crippen molar-refractivity contribution in [2.45, 2.75) is 6.92 Å². The molecule has 2 aromatic carbocycles. The molecule has 0 unspecified atom stereocenters. The summed E-state index contributed by atoms with van der Waals surface area (Å²) in [5.41, 5.74) is 4.10. The van der Waals surface area contributed by atoms with Gasteiger partial charge in [0.1, 0.15) is 11.3 Å². The number of fused-ring (bicyclic) bond motifs is 1. The van der Waals surface area contributed by atoms with Crippen molar-refractivity contribution in [2.24, 2.45) is 0 Å². The third kappa shape index (κ3) is 3.42. The third-order valence-corrected chi connectivity index (χ3v) is 3.90. The predicted octanol–water partition coefficient (Wildman–Crippen LogP) is 5.05. The number of nitrogens with zero attached hydrogens (tertiary/aromatic N) is 1. The predicted molar refractivity (Wildman–Crippen MR) is 101 cm³/mol. The van der Waals surface area contributed by atoms with E-state index in [0.29, 0.717) is 28.4 Å². The largest absolute Gasteiger partial charge is 0.465 e. The second-order valence-corrected chi connectivity index (χ2v) is 5.91. The van der Waals surface area contributed by atoms with Gasteiger partial charge in [-0.2, -0.15) is 0 Å². The minimum atomic E-state index is -0.247. The molecule has 4 rings (SSSR count). The second-order valence-electron chi connectivity index (χ2n) is 5.91. The van der Waals surface area contributed by atoms with E-state index >= 15 is 0 Å². The van der Waals surface area contributed by atoms with Crippen LogP contribution in [0.2, 0.25) is 0 Å². The lowest BCUT2D eigenvalue weighted by Crippen LogP contribution is -2.07. The number of amides is 1. The zero-order chi connectivity index (χ0) is 17.9. The summed E-state index contributed by atoms with van der Waals surface area (Å²) in [6.07, 6.45) is 4.59. The lowest BCUT2D eigenvalue weighted by molar-refractivity contribution is -0.111. The van der Waals surface area contributed by atoms with Crippen molar-refractivity contribution in [3.05, 3.63) is 78.3 Å². The molecule has 0 spiro atoms. The summed E-state index contributed by atoms with van der Waals surface area (Å²) in [5, 5.41) is 2.80. The Hall–Kier alpha value is -3.60. The molecule has 0 fully saturated rings. The fourth-order valence-corrected chi connectivity index (χ4v) is 2.55. The smallest absolute Gasteiger partial charge is 0.248 e. The highest BCUT2D eigenvalue weighted by atomic mass is 16.3. The first kappa shape index (κ1) is 15.9. The van der Waals surface area contributed by atoms with Gasteiger partial charge < -0.3 is 14.2 Å². The molecule has 0 atom stereocenters. The Bertz CT molecular complexity index is 1070. The molecule has 5 nitrogen and oxygen atoms in total. The SMILES string of the molecule is Cc1ccc(-c2nc3cc(NC(=O)/C=C/c4ccco4)ccc3o2)cc1. The molecule has 26 heavy (non-hydrogen) atoms. The average molecular weight is 344 g/mol. The fourth-order valence-electron chi connectivity index (χ4n) is 2.55. The van der Waals surface area contributed by atoms with Crippen LogP contribution >= 0.6 is 0 Å². The Balaban J connectivity index is 1.53. The topological polar surface area (TPSA) is 68.3 Å². The first-order chi connectivity index (χ1) is 12.7. The Kier molecular flexibility index (Phi) is 4.11. The lowest BCUT2D eigenvalue weighted by Gasteiger charge is -2.00. The zero-order valence-electron chi connectivity index (χ0n) is 14.1. The fraction of sp³-hybridized carbons (Fsp3) is 0.0476. The van der Waals surface area contributed by atoms with Gasteiger partial charge >= 0.3 is 0 Å². The molecule has 0 bridgehead atoms. The number of carbonyl (C=O) groups excluding carboxylic acids is 1. The van der Waals surface area contributed by atoms with Gasteiger partial charge in [0.25, 0.3) is 0 Å². The summed E-state index contributed by atoms with van der Waals surface area (Å²) in [7, 11) is 0. The molecular formula is C21H16N2O3. The molecule has 4 aromatic rings. The molecule has 1 amide bonds. The van der Waals surface area contributed by atoms with E-state index in [4.69, 9.17) is 8.83 Å². The van der Waals surface area contributed by atoms with Gasteiger partial charge in [0.2, 0.25) is 11.8 Å². The van der Waals surface area contributed by atoms with Crippen LogP contribution in [0.1, 0.15) is 11.3 Å². The van der Waals surface area contributed by atoms with Crippen LogP contribution in [0.4, 0.5) is 5.69 Å². The van der Waals surface area contributed by atoms with E-state index in [-0.39, 0.29) is 5.91 Å². The Morgan fingerprint density at radius 1 is 1.12 bits per heavy atom. The molecule has 2 heterocycles. The minimum Gasteiger partial charge on any atom is -0.465 e. The maximum Gasteiger partial charge on any atom is 0.248 e. The standard InChI is InChI=1S/C21H16N2O3/c1-14-4-6-15(7-5-14)21-23-18-13-16(8-10-19(18)26-21)22-20(24)11-9-17-3-2-12-25-17/h2-13H,1H3,(H,22,24)/b11-9+. The summed E-state index contributed by atoms with van der Waals surface area (Å²) in [6, 6.07) is 16.9. The van der Waals surface area contributed by atoms with Gasteiger partial charge in [0.05, 0.1) is 6.26 Å². The summed E-state index contributed by atoms with van der Waals surface area (Å²) in [4.78, 5) is 16.5. The van der Waals surface area contributed by atoms with Crippen LogP contribution in [0.25, 0.3) is 28.6 Å². The number of furan rings is 1. The average Bonchev–Trinajstić information content (AvgIpc) is 3.30. The van der Waals surface area contributed by atoms with E-state index in [1.807, 2.05) is 31.2 Å². The highest BCUT2D eigenvalue weighted by Crippen LogP contribution is 2.26. The lowest BCUT2D eigenvalue weighted by atomic mass is 10.1. The number of aromatic nitrogens is 1. The van der Waals surface area contributed by atoms with Crippen LogP contribution in [0.5, 0.6) is 0 Å². The number of nitrogens with one attached hydrogen (secondary N) is 1. The van der Waals surface area contributed by atoms with Crippen LogP contribution in [-0.4, -0.2) is 10.9 Å². The van der Waals surface area contributed by atoms with Crippen LogP contribution in [0.15, 0.2) is 75.8 Å². The summed E-state index contributed by atoms with van der Waals surface area (Å²) < 4.78 is 11.0. The zero-order valence-corrected chi connectivity index (χ0v) is 14.1. The normalized spacial score (nSPS) is 11.3. The van der Waals surface area contributed by atoms with E-state index in [9.17, 15) is 4.79 Å². The molecule has 0 aliphatic rings. The first-order valence-electron chi connectivity index (χ1n) is 8.17. The molecule has 0 aliphatic heterocycles. The number of carbonyl (C=O) groups is 1. The van der Waals surface area contributed by atoms with Crippen molar-refractivity contribution in [3.8, 4) is 11.5 Å². The molecule has 0 saturated carbocycles. The molecule has 0 radical (unpaired) electrons. The second kappa shape index (κ2) is 6.72. The van der Waals surface area contributed by atoms with E-state index in [0.717, 1.165) is 5.56 Å². The van der Waals surface area contributed by atoms with Gasteiger partial charge in [0, 0.05) is 17.3 Å². The molecule has 128 valence electrons. The Labute approximate surface area is 150 Å². The number of aryl methyl sites for hydroxylation is 1. The number of benzene rings is 2. The van der Waals surface area contributed by atoms with Crippen LogP contribution in [0.3, 0.4) is 0 Å². The third-order valence-electron chi connectivity index (χ3n) is 3.90. The highest BCUT2D eigenvalue weighted by molar-refractivity contribution is 6.02. The minimum absolute atomic E-state index is 0.247. The molecular weight excluding hydrogens is 328 g/mol. The van der Waals surface area contributed by atoms with Gasteiger partial charge in [-0.1, -0.05) is 17.7 Å². The maximum absolute atomic E-state index is 12.0. The number of hydrogen-bond donors (Lipinski definition) is 1. The van der Waals surface area contributed by atoms with E-state index in [1.165, 1.54) is 11.6 Å². The quantitative estimate of drug-likeness (QED) is 0.526. The maximum atomic E-state index is 12.0. The van der Waals surface area contributed by atoms with E-state index < -0.39 is 0 Å². The van der Waals surface area contributed by atoms with Gasteiger partial charge in [-0.05, 0) is 55.5 Å². The monoisotopic (exact) mass is 344 g/mol. The van der Waals surface area contributed by atoms with Gasteiger partial charge in [0.15, 0.2) is 5.58 Å². The summed E-state index contributed by atoms with van der Waals surface area (Å²) in [5.74, 6) is 0.930. The molecule has 5 heteroatoms. The van der Waals surface area contributed by atoms with Crippen molar-refractivity contribution in [3.63, 3.8) is 0 Å². The van der Waals surface area contributed by atoms with Gasteiger partial charge in [-0.25, -0.2) is 4.98 Å². The molecule has 0 aliphatic carbocycles. The highest BCUT2D eigenvalue weighted by Gasteiger charge is 2.09. The Morgan fingerprint density at radius 3 is 2.73 bits per heavy atom. The van der Waals surface area contributed by atoms with Crippen molar-refractivity contribution in [2.75, 3.05) is 5.32 Å². The summed E-state index contributed by atoms with van der Waals surface area (Å²) in [6.45, 7) is 2.03. The van der Waals surface area contributed by atoms with Crippen molar-refractivity contribution < 1.29 is 13.6 Å². The van der Waals surface area contributed by atoms with E-state index in [1.54, 1.807) is 42.7 Å². The van der Waals surface area contributed by atoms with Crippen molar-refractivity contribution >= 4 is 28.8 Å². The van der Waals surface area contributed by atoms with E-state index in [2.05, 4.69) is 10.3 Å². The first-order valence-corrected chi connectivity index (χ1v) is 8.17. The van der Waals surface area contributed by atoms with Crippen LogP contribution < -0.4 is 5.32 Å². The number of anilines is 1. The summed E-state index contributed by atoms with van der Waals surface area (Å²) >= 11 is 0. The van der Waals surface area contributed by atoms with Crippen LogP contribution in [0, 0.1) is 6.92 Å². The number of hydrogen-bond acceptors (Lipinski definition) is 4. The molecule has 0 saturated heterocycles. The number of rotatable bonds is 4. The van der Waals surface area contributed by atoms with Crippen LogP contribution in [-0.2, 0) is 4.79 Å². The van der Waals surface area contributed by atoms with Crippen molar-refractivity contribution in [1.82, 2.24) is 4.98 Å².